The van der Waals surface area contributed by atoms with E-state index in [1.54, 1.807) is 0 Å². The van der Waals surface area contributed by atoms with Crippen LogP contribution in [0.5, 0.6) is 0 Å². The van der Waals surface area contributed by atoms with E-state index >= 15 is 0 Å². The largest absolute Gasteiger partial charge is 0.394 e. The first kappa shape index (κ1) is 19.9. The van der Waals surface area contributed by atoms with Crippen molar-refractivity contribution < 1.29 is 24.9 Å². The summed E-state index contributed by atoms with van der Waals surface area (Å²) >= 11 is 0. The first-order valence-corrected chi connectivity index (χ1v) is 7.82. The molecule has 2 atom stereocenters. The molecule has 0 saturated heterocycles. The molecule has 0 saturated carbocycles. The molecule has 144 valence electrons. The number of nitrogens with one attached hydrogen (secondary N) is 1. The van der Waals surface area contributed by atoms with Crippen LogP contribution in [0.3, 0.4) is 0 Å². The number of aliphatic hydroxyl groups excluding tert-OH is 2. The van der Waals surface area contributed by atoms with Crippen LogP contribution in [0.25, 0.3) is 0 Å². The third-order valence-electron chi connectivity index (χ3n) is 3.75. The summed E-state index contributed by atoms with van der Waals surface area (Å²) in [4.78, 5) is 32.0. The molecule has 0 aliphatic rings. The smallest absolute Gasteiger partial charge is 0.389 e. The first-order valence-electron chi connectivity index (χ1n) is 7.82. The predicted octanol–water partition coefficient (Wildman–Crippen LogP) is 0.300. The molecular weight excluding hydrogens is 362 g/mol. The molecule has 1 aromatic heterocycles. The van der Waals surface area contributed by atoms with Crippen LogP contribution in [-0.4, -0.2) is 48.4 Å². The van der Waals surface area contributed by atoms with Gasteiger partial charge in [0.25, 0.3) is 5.69 Å². The Morgan fingerprint density at radius 2 is 1.85 bits per heavy atom. The second-order valence-electron chi connectivity index (χ2n) is 5.59. The number of carbonyl (C=O) groups excluding carboxylic acids is 1. The van der Waals surface area contributed by atoms with Gasteiger partial charge in [0.05, 0.1) is 41.5 Å². The summed E-state index contributed by atoms with van der Waals surface area (Å²) in [6.45, 7) is -0.484. The van der Waals surface area contributed by atoms with E-state index in [0.717, 1.165) is 0 Å². The van der Waals surface area contributed by atoms with E-state index < -0.39 is 34.5 Å². The Labute approximate surface area is 152 Å². The number of rotatable bonds is 9. The maximum absolute atomic E-state index is 12.0. The average Bonchev–Trinajstić information content (AvgIpc) is 3.13. The highest BCUT2D eigenvalue weighted by molar-refractivity contribution is 5.76. The molecule has 1 amide bonds. The fourth-order valence-electron chi connectivity index (χ4n) is 2.32. The van der Waals surface area contributed by atoms with Gasteiger partial charge in [0, 0.05) is 18.6 Å². The van der Waals surface area contributed by atoms with Crippen molar-refractivity contribution in [3.63, 3.8) is 0 Å². The number of carbonyl (C=O) groups is 1. The molecule has 0 fully saturated rings. The number of hydrogen-bond acceptors (Lipinski definition) is 8. The van der Waals surface area contributed by atoms with Crippen molar-refractivity contribution in [2.45, 2.75) is 25.1 Å². The van der Waals surface area contributed by atoms with Gasteiger partial charge in [-0.25, -0.2) is 0 Å². The normalized spacial score (nSPS) is 13.0. The van der Waals surface area contributed by atoms with E-state index in [4.69, 9.17) is 0 Å². The molecule has 12 nitrogen and oxygen atoms in total. The highest BCUT2D eigenvalue weighted by Gasteiger charge is 2.23. The topological polar surface area (TPSA) is 174 Å². The van der Waals surface area contributed by atoms with Gasteiger partial charge in [-0.05, 0) is 22.6 Å². The number of non-ortho nitro benzene ring substituents is 1. The maximum Gasteiger partial charge on any atom is 0.389 e. The fourth-order valence-corrected chi connectivity index (χ4v) is 2.32. The van der Waals surface area contributed by atoms with Crippen LogP contribution in [0.1, 0.15) is 18.1 Å². The van der Waals surface area contributed by atoms with Gasteiger partial charge in [0.1, 0.15) is 6.10 Å². The average molecular weight is 379 g/mol. The quantitative estimate of drug-likeness (QED) is 0.412. The van der Waals surface area contributed by atoms with Gasteiger partial charge in [0.2, 0.25) is 5.91 Å². The highest BCUT2D eigenvalue weighted by atomic mass is 16.6. The van der Waals surface area contributed by atoms with Crippen LogP contribution in [0.4, 0.5) is 11.5 Å². The van der Waals surface area contributed by atoms with Crippen molar-refractivity contribution in [3.05, 3.63) is 62.3 Å². The van der Waals surface area contributed by atoms with Crippen molar-refractivity contribution in [2.75, 3.05) is 6.61 Å². The number of amides is 1. The number of aryl methyl sites for hydroxylation is 1. The fraction of sp³-hybridized carbons (Fsp3) is 0.333. The Kier molecular flexibility index (Phi) is 6.51. The summed E-state index contributed by atoms with van der Waals surface area (Å²) in [5.41, 5.74) is 0.145. The molecule has 12 heteroatoms. The van der Waals surface area contributed by atoms with E-state index in [1.165, 1.54) is 41.2 Å². The van der Waals surface area contributed by atoms with Crippen LogP contribution in [-0.2, 0) is 11.3 Å². The Bertz CT molecular complexity index is 820. The number of nitrogens with zero attached hydrogens (tertiary/aromatic N) is 4. The van der Waals surface area contributed by atoms with Crippen LogP contribution in [0, 0.1) is 20.2 Å². The van der Waals surface area contributed by atoms with E-state index in [9.17, 15) is 35.2 Å². The summed E-state index contributed by atoms with van der Waals surface area (Å²) in [7, 11) is 0. The van der Waals surface area contributed by atoms with E-state index in [1.807, 2.05) is 0 Å². The van der Waals surface area contributed by atoms with Gasteiger partial charge in [0.15, 0.2) is 0 Å². The number of aromatic nitrogens is 2. The minimum Gasteiger partial charge on any atom is -0.394 e. The minimum absolute atomic E-state index is 0.0749. The third-order valence-corrected chi connectivity index (χ3v) is 3.75. The lowest BCUT2D eigenvalue weighted by Crippen LogP contribution is -2.42. The van der Waals surface area contributed by atoms with Crippen molar-refractivity contribution in [1.82, 2.24) is 15.1 Å². The number of nitro benzene ring substituents is 1. The van der Waals surface area contributed by atoms with Crippen LogP contribution < -0.4 is 5.32 Å². The van der Waals surface area contributed by atoms with Gasteiger partial charge >= 0.3 is 5.82 Å². The zero-order valence-electron chi connectivity index (χ0n) is 14.0. The SMILES string of the molecule is O=C(CCn1ccc([N+](=O)[O-])n1)NC(CO)C(O)c1ccc([N+](=O)[O-])cc1. The van der Waals surface area contributed by atoms with E-state index in [-0.39, 0.29) is 24.5 Å². The van der Waals surface area contributed by atoms with Crippen LogP contribution in [0.2, 0.25) is 0 Å². The molecule has 0 aliphatic carbocycles. The molecule has 2 rings (SSSR count). The lowest BCUT2D eigenvalue weighted by Gasteiger charge is -2.22. The zero-order valence-corrected chi connectivity index (χ0v) is 14.0. The number of aliphatic hydroxyl groups is 2. The Morgan fingerprint density at radius 1 is 1.19 bits per heavy atom. The Hall–Kier alpha value is -3.38. The minimum atomic E-state index is -1.27. The van der Waals surface area contributed by atoms with Gasteiger partial charge in [-0.15, -0.1) is 0 Å². The van der Waals surface area contributed by atoms with E-state index in [0.29, 0.717) is 5.56 Å². The monoisotopic (exact) mass is 379 g/mol. The van der Waals surface area contributed by atoms with E-state index in [2.05, 4.69) is 10.4 Å². The Balaban J connectivity index is 1.92. The van der Waals surface area contributed by atoms with Crippen molar-refractivity contribution in [3.8, 4) is 0 Å². The Morgan fingerprint density at radius 3 is 2.37 bits per heavy atom. The first-order chi connectivity index (χ1) is 12.8. The molecule has 1 aromatic carbocycles. The molecule has 0 aliphatic heterocycles. The molecule has 0 bridgehead atoms. The highest BCUT2D eigenvalue weighted by Crippen LogP contribution is 2.20. The maximum atomic E-state index is 12.0. The van der Waals surface area contributed by atoms with Crippen molar-refractivity contribution in [1.29, 1.82) is 0 Å². The second kappa shape index (κ2) is 8.82. The summed E-state index contributed by atoms with van der Waals surface area (Å²) in [5, 5.41) is 47.0. The van der Waals surface area contributed by atoms with Crippen molar-refractivity contribution >= 4 is 17.4 Å². The molecule has 27 heavy (non-hydrogen) atoms. The van der Waals surface area contributed by atoms with Gasteiger partial charge < -0.3 is 25.6 Å². The molecule has 3 N–H and O–H groups in total. The second-order valence-corrected chi connectivity index (χ2v) is 5.59. The molecule has 0 spiro atoms. The van der Waals surface area contributed by atoms with Gasteiger partial charge in [-0.3, -0.25) is 14.9 Å². The summed E-state index contributed by atoms with van der Waals surface area (Å²) < 4.78 is 1.23. The number of hydrogen-bond donors (Lipinski definition) is 3. The molecule has 1 heterocycles. The third kappa shape index (κ3) is 5.29. The lowest BCUT2D eigenvalue weighted by atomic mass is 10.0. The van der Waals surface area contributed by atoms with Gasteiger partial charge in [-0.1, -0.05) is 0 Å². The van der Waals surface area contributed by atoms with Crippen LogP contribution >= 0.6 is 0 Å². The summed E-state index contributed by atoms with van der Waals surface area (Å²) in [6, 6.07) is 5.26. The molecule has 0 radical (unpaired) electrons. The molecular formula is C15H17N5O7. The van der Waals surface area contributed by atoms with Crippen molar-refractivity contribution in [2.24, 2.45) is 0 Å². The van der Waals surface area contributed by atoms with Gasteiger partial charge in [-0.2, -0.15) is 4.68 Å². The van der Waals surface area contributed by atoms with Crippen LogP contribution in [0.15, 0.2) is 36.5 Å². The summed E-state index contributed by atoms with van der Waals surface area (Å²) in [6.07, 6.45) is 0.00809. The lowest BCUT2D eigenvalue weighted by molar-refractivity contribution is -0.389. The number of benzene rings is 1. The molecule has 2 unspecified atom stereocenters. The zero-order chi connectivity index (χ0) is 20.0. The molecule has 2 aromatic rings. The number of nitro groups is 2. The predicted molar refractivity (Wildman–Crippen MR) is 90.6 cm³/mol. The standard InChI is InChI=1S/C15H17N5O7/c21-9-12(15(23)10-1-3-11(4-2-10)19(24)25)16-14(22)6-8-18-7-5-13(17-18)20(26)27/h1-5,7,12,15,21,23H,6,8-9H2,(H,16,22). The summed E-state index contributed by atoms with van der Waals surface area (Å²) in [5.74, 6) is -0.842.